The van der Waals surface area contributed by atoms with Crippen LogP contribution in [0, 0.1) is 0 Å². The Bertz CT molecular complexity index is 75.6. The summed E-state index contributed by atoms with van der Waals surface area (Å²) in [6, 6.07) is 0. The molecule has 0 atom stereocenters. The van der Waals surface area contributed by atoms with Crippen molar-refractivity contribution in [3.8, 4) is 0 Å². The van der Waals surface area contributed by atoms with Crippen LogP contribution in [0.1, 0.15) is 6.92 Å². The van der Waals surface area contributed by atoms with Gasteiger partial charge in [-0.15, -0.1) is 0 Å². The maximum atomic E-state index is 9.93. The normalized spacial score (nSPS) is 9.67. The third-order valence-corrected chi connectivity index (χ3v) is 0.562. The van der Waals surface area contributed by atoms with Gasteiger partial charge in [0.2, 0.25) is 0 Å². The molecule has 0 aliphatic carbocycles. The lowest BCUT2D eigenvalue weighted by atomic mass is 10.5. The van der Waals surface area contributed by atoms with E-state index in [4.69, 9.17) is 0 Å². The molecule has 0 N–H and O–H groups in total. The number of hydrogen-bond donors (Lipinski definition) is 0. The third-order valence-electron chi connectivity index (χ3n) is 0.298. The summed E-state index contributed by atoms with van der Waals surface area (Å²) in [4.78, 5) is 11.5. The predicted molar refractivity (Wildman–Crippen MR) is 28.7 cm³/mol. The van der Waals surface area contributed by atoms with Gasteiger partial charge in [0.1, 0.15) is 0 Å². The van der Waals surface area contributed by atoms with E-state index in [9.17, 15) is 4.79 Å². The van der Waals surface area contributed by atoms with E-state index in [1.165, 1.54) is 18.0 Å². The van der Waals surface area contributed by atoms with E-state index in [1.54, 1.807) is 0 Å². The fraction of sp³-hybridized carbons (Fsp3) is 0.250. The molecule has 0 fully saturated rings. The second-order valence-electron chi connectivity index (χ2n) is 0.903. The Balaban J connectivity index is 3.30. The molecule has 6 heavy (non-hydrogen) atoms. The molecule has 0 radical (unpaired) electrons. The highest BCUT2D eigenvalue weighted by atomic mass is 79.9. The molecular formula is C4H5BrO. The fourth-order valence-electron chi connectivity index (χ4n) is 0.0887. The maximum absolute atomic E-state index is 9.93. The molecule has 34 valence electrons. The first kappa shape index (κ1) is 5.89. The van der Waals surface area contributed by atoms with Crippen LogP contribution < -0.4 is 0 Å². The minimum Gasteiger partial charge on any atom is -0.295 e. The summed E-state index contributed by atoms with van der Waals surface area (Å²) in [7, 11) is 0. The highest BCUT2D eigenvalue weighted by molar-refractivity contribution is 9.11. The third kappa shape index (κ3) is 3.89. The summed E-state index contributed by atoms with van der Waals surface area (Å²) in [5.41, 5.74) is 0. The highest BCUT2D eigenvalue weighted by Gasteiger charge is 1.73. The van der Waals surface area contributed by atoms with Crippen LogP contribution in [-0.2, 0) is 4.79 Å². The van der Waals surface area contributed by atoms with Gasteiger partial charge in [-0.1, -0.05) is 15.9 Å². The maximum Gasteiger partial charge on any atom is 0.153 e. The summed E-state index contributed by atoms with van der Waals surface area (Å²) in [5, 5.41) is 0. The van der Waals surface area contributed by atoms with Crippen LogP contribution in [0.25, 0.3) is 0 Å². The van der Waals surface area contributed by atoms with Crippen LogP contribution in [0.2, 0.25) is 0 Å². The smallest absolute Gasteiger partial charge is 0.153 e. The number of rotatable bonds is 1. The van der Waals surface area contributed by atoms with Gasteiger partial charge in [0, 0.05) is 0 Å². The van der Waals surface area contributed by atoms with E-state index >= 15 is 0 Å². The average Bonchev–Trinajstić information content (AvgIpc) is 1.35. The molecule has 0 unspecified atom stereocenters. The van der Waals surface area contributed by atoms with Crippen molar-refractivity contribution in [1.29, 1.82) is 0 Å². The number of carbonyl (C=O) groups excluding carboxylic acids is 1. The molecule has 0 amide bonds. The van der Waals surface area contributed by atoms with Crippen molar-refractivity contribution in [2.24, 2.45) is 0 Å². The van der Waals surface area contributed by atoms with Gasteiger partial charge in [-0.05, 0) is 18.0 Å². The Hall–Kier alpha value is -0.110. The molecule has 0 saturated heterocycles. The molecule has 0 aromatic heterocycles. The Labute approximate surface area is 45.2 Å². The van der Waals surface area contributed by atoms with Gasteiger partial charge < -0.3 is 0 Å². The lowest BCUT2D eigenvalue weighted by Crippen LogP contribution is -1.75. The Morgan fingerprint density at radius 2 is 2.33 bits per heavy atom. The van der Waals surface area contributed by atoms with Crippen LogP contribution in [0.5, 0.6) is 0 Å². The Morgan fingerprint density at radius 3 is 2.33 bits per heavy atom. The summed E-state index contributed by atoms with van der Waals surface area (Å²) in [5.74, 6) is 0.0619. The standard InChI is InChI=1S/C4H5BrO/c1-4(6)2-3-5/h2-3H,1H3. The highest BCUT2D eigenvalue weighted by Crippen LogP contribution is 1.81. The molecule has 0 rings (SSSR count). The molecule has 0 aromatic rings. The molecule has 0 heterocycles. The molecule has 1 nitrogen and oxygen atoms in total. The fourth-order valence-corrected chi connectivity index (χ4v) is 0.461. The summed E-state index contributed by atoms with van der Waals surface area (Å²) >= 11 is 2.95. The van der Waals surface area contributed by atoms with Crippen LogP contribution in [0.15, 0.2) is 11.1 Å². The monoisotopic (exact) mass is 148 g/mol. The summed E-state index contributed by atoms with van der Waals surface area (Å²) < 4.78 is 0. The van der Waals surface area contributed by atoms with Crippen LogP contribution in [-0.4, -0.2) is 5.78 Å². The van der Waals surface area contributed by atoms with Gasteiger partial charge in [-0.2, -0.15) is 0 Å². The molecular weight excluding hydrogens is 144 g/mol. The zero-order valence-corrected chi connectivity index (χ0v) is 5.03. The van der Waals surface area contributed by atoms with Crippen molar-refractivity contribution >= 4 is 21.7 Å². The number of carbonyl (C=O) groups is 1. The zero-order chi connectivity index (χ0) is 4.99. The van der Waals surface area contributed by atoms with Crippen molar-refractivity contribution in [1.82, 2.24) is 0 Å². The number of halogens is 1. The van der Waals surface area contributed by atoms with E-state index in [2.05, 4.69) is 15.9 Å². The second kappa shape index (κ2) is 3.09. The largest absolute Gasteiger partial charge is 0.295 e. The van der Waals surface area contributed by atoms with Crippen LogP contribution >= 0.6 is 15.9 Å². The molecule has 0 spiro atoms. The van der Waals surface area contributed by atoms with Gasteiger partial charge in [-0.25, -0.2) is 0 Å². The molecule has 2 heteroatoms. The van der Waals surface area contributed by atoms with Crippen molar-refractivity contribution in [2.45, 2.75) is 6.92 Å². The first-order valence-electron chi connectivity index (χ1n) is 1.54. The van der Waals surface area contributed by atoms with Gasteiger partial charge in [-0.3, -0.25) is 4.79 Å². The molecule has 0 aliphatic rings. The summed E-state index contributed by atoms with van der Waals surface area (Å²) in [6.07, 6.45) is 1.44. The van der Waals surface area contributed by atoms with Crippen LogP contribution in [0.3, 0.4) is 0 Å². The Kier molecular flexibility index (Phi) is 3.04. The predicted octanol–water partition coefficient (Wildman–Crippen LogP) is 1.48. The topological polar surface area (TPSA) is 17.1 Å². The quantitative estimate of drug-likeness (QED) is 0.516. The minimum absolute atomic E-state index is 0.0619. The van der Waals surface area contributed by atoms with Crippen molar-refractivity contribution < 1.29 is 4.79 Å². The Morgan fingerprint density at radius 1 is 1.83 bits per heavy atom. The molecule has 0 bridgehead atoms. The van der Waals surface area contributed by atoms with E-state index < -0.39 is 0 Å². The zero-order valence-electron chi connectivity index (χ0n) is 3.44. The van der Waals surface area contributed by atoms with Gasteiger partial charge >= 0.3 is 0 Å². The first-order chi connectivity index (χ1) is 2.77. The number of allylic oxidation sites excluding steroid dienone is 1. The molecule has 0 saturated carbocycles. The number of ketones is 1. The molecule has 0 aliphatic heterocycles. The lowest BCUT2D eigenvalue weighted by Gasteiger charge is -1.67. The van der Waals surface area contributed by atoms with Crippen molar-refractivity contribution in [2.75, 3.05) is 0 Å². The second-order valence-corrected chi connectivity index (χ2v) is 1.43. The van der Waals surface area contributed by atoms with Crippen LogP contribution in [0.4, 0.5) is 0 Å². The van der Waals surface area contributed by atoms with Crippen molar-refractivity contribution in [3.63, 3.8) is 0 Å². The average molecular weight is 149 g/mol. The van der Waals surface area contributed by atoms with Crippen molar-refractivity contribution in [3.05, 3.63) is 11.1 Å². The summed E-state index contributed by atoms with van der Waals surface area (Å²) in [6.45, 7) is 1.50. The van der Waals surface area contributed by atoms with Gasteiger partial charge in [0.05, 0.1) is 0 Å². The lowest BCUT2D eigenvalue weighted by molar-refractivity contribution is -0.112. The van der Waals surface area contributed by atoms with E-state index in [0.29, 0.717) is 0 Å². The molecule has 0 aromatic carbocycles. The minimum atomic E-state index is 0.0619. The van der Waals surface area contributed by atoms with E-state index in [-0.39, 0.29) is 5.78 Å². The van der Waals surface area contributed by atoms with Gasteiger partial charge in [0.25, 0.3) is 0 Å². The first-order valence-corrected chi connectivity index (χ1v) is 2.46. The van der Waals surface area contributed by atoms with E-state index in [1.807, 2.05) is 0 Å². The SMILES string of the molecule is CC(=O)C=CBr. The van der Waals surface area contributed by atoms with Gasteiger partial charge in [0.15, 0.2) is 5.78 Å². The van der Waals surface area contributed by atoms with E-state index in [0.717, 1.165) is 0 Å². The number of hydrogen-bond acceptors (Lipinski definition) is 1.